The number of Topliss-reactive ketones (excluding diaryl/α,β-unsaturated/α-hetero) is 1. The molecule has 0 aliphatic heterocycles. The number of hydrazine groups is 1. The summed E-state index contributed by atoms with van der Waals surface area (Å²) in [5.74, 6) is -0.00195. The highest BCUT2D eigenvalue weighted by Gasteiger charge is 2.12. The van der Waals surface area contributed by atoms with Crippen molar-refractivity contribution in [2.24, 2.45) is 0 Å². The Morgan fingerprint density at radius 3 is 2.67 bits per heavy atom. The number of ketones is 1. The van der Waals surface area contributed by atoms with Gasteiger partial charge in [0.15, 0.2) is 5.65 Å². The van der Waals surface area contributed by atoms with Gasteiger partial charge >= 0.3 is 0 Å². The molecule has 3 aromatic rings. The summed E-state index contributed by atoms with van der Waals surface area (Å²) in [6.07, 6.45) is 0.356. The fraction of sp³-hybridized carbons (Fsp3) is 0.278. The Bertz CT molecular complexity index is 943. The molecule has 1 amide bonds. The van der Waals surface area contributed by atoms with Crippen LogP contribution in [0.3, 0.4) is 0 Å². The van der Waals surface area contributed by atoms with E-state index >= 15 is 0 Å². The number of carbonyl (C=O) groups is 2. The van der Waals surface area contributed by atoms with Crippen molar-refractivity contribution in [3.05, 3.63) is 42.5 Å². The highest BCUT2D eigenvalue weighted by molar-refractivity contribution is 7.99. The third-order valence-electron chi connectivity index (χ3n) is 3.69. The van der Waals surface area contributed by atoms with Crippen molar-refractivity contribution < 1.29 is 9.59 Å². The fourth-order valence-electron chi connectivity index (χ4n) is 2.47. The maximum absolute atomic E-state index is 12.0. The first kappa shape index (κ1) is 19.0. The largest absolute Gasteiger partial charge is 0.300 e. The Kier molecular flexibility index (Phi) is 6.15. The summed E-state index contributed by atoms with van der Waals surface area (Å²) in [4.78, 5) is 23.0. The number of nitrogens with zero attached hydrogens (tertiary/aromatic N) is 4. The molecule has 1 unspecified atom stereocenters. The maximum atomic E-state index is 12.0. The number of benzene rings is 1. The number of fused-ring (bicyclic) bond motifs is 1. The van der Waals surface area contributed by atoms with Crippen LogP contribution in [0, 0.1) is 0 Å². The molecule has 1 atom stereocenters. The van der Waals surface area contributed by atoms with Crippen LogP contribution in [0.5, 0.6) is 0 Å². The maximum Gasteiger partial charge on any atom is 0.244 e. The van der Waals surface area contributed by atoms with Crippen LogP contribution in [-0.2, 0) is 9.59 Å². The van der Waals surface area contributed by atoms with E-state index in [1.165, 1.54) is 18.7 Å². The molecule has 2 aromatic heterocycles. The summed E-state index contributed by atoms with van der Waals surface area (Å²) in [5.41, 5.74) is 7.82. The zero-order valence-electron chi connectivity index (χ0n) is 15.0. The number of nitrogens with one attached hydrogen (secondary N) is 2. The first-order chi connectivity index (χ1) is 13.0. The summed E-state index contributed by atoms with van der Waals surface area (Å²) in [5, 5.41) is 13.3. The zero-order chi connectivity index (χ0) is 19.2. The van der Waals surface area contributed by atoms with Gasteiger partial charge in [-0.15, -0.1) is 10.2 Å². The van der Waals surface area contributed by atoms with Crippen molar-refractivity contribution in [1.29, 1.82) is 0 Å². The van der Waals surface area contributed by atoms with Gasteiger partial charge in [0.1, 0.15) is 5.78 Å². The molecule has 0 saturated carbocycles. The third-order valence-corrected chi connectivity index (χ3v) is 4.61. The molecule has 0 bridgehead atoms. The highest BCUT2D eigenvalue weighted by atomic mass is 32.2. The Hall–Kier alpha value is -2.78. The number of hydrogen-bond acceptors (Lipinski definition) is 7. The van der Waals surface area contributed by atoms with Gasteiger partial charge in [-0.1, -0.05) is 42.1 Å². The van der Waals surface area contributed by atoms with E-state index in [0.29, 0.717) is 17.2 Å². The second-order valence-corrected chi connectivity index (χ2v) is 7.07. The quantitative estimate of drug-likeness (QED) is 0.452. The van der Waals surface area contributed by atoms with E-state index < -0.39 is 0 Å². The van der Waals surface area contributed by atoms with Gasteiger partial charge in [0.05, 0.1) is 11.4 Å². The summed E-state index contributed by atoms with van der Waals surface area (Å²) in [6, 6.07) is 13.4. The molecule has 0 saturated heterocycles. The van der Waals surface area contributed by atoms with Crippen LogP contribution in [-0.4, -0.2) is 43.3 Å². The monoisotopic (exact) mass is 384 g/mol. The summed E-state index contributed by atoms with van der Waals surface area (Å²) in [7, 11) is 0. The Labute approximate surface area is 160 Å². The van der Waals surface area contributed by atoms with E-state index in [2.05, 4.69) is 26.1 Å². The smallest absolute Gasteiger partial charge is 0.244 e. The lowest BCUT2D eigenvalue weighted by Gasteiger charge is -2.12. The number of carbonyl (C=O) groups excluding carboxylic acids is 2. The lowest BCUT2D eigenvalue weighted by molar-refractivity contribution is -0.121. The molecule has 140 valence electrons. The van der Waals surface area contributed by atoms with E-state index in [0.717, 1.165) is 11.3 Å². The van der Waals surface area contributed by atoms with Gasteiger partial charge in [0.25, 0.3) is 0 Å². The van der Waals surface area contributed by atoms with Crippen LogP contribution in [0.2, 0.25) is 0 Å². The summed E-state index contributed by atoms with van der Waals surface area (Å²) in [6.45, 7) is 3.35. The SMILES string of the molecule is CC(=O)CC(C)NNC(=O)CSc1nnc2ccc(-c3ccccc3)nn12. The Morgan fingerprint density at radius 1 is 1.15 bits per heavy atom. The van der Waals surface area contributed by atoms with Crippen LogP contribution in [0.4, 0.5) is 0 Å². The van der Waals surface area contributed by atoms with E-state index in [1.54, 1.807) is 4.52 Å². The molecule has 2 heterocycles. The molecular weight excluding hydrogens is 364 g/mol. The first-order valence-electron chi connectivity index (χ1n) is 8.47. The van der Waals surface area contributed by atoms with Crippen molar-refractivity contribution in [3.8, 4) is 11.3 Å². The van der Waals surface area contributed by atoms with Gasteiger partial charge in [-0.2, -0.15) is 9.61 Å². The van der Waals surface area contributed by atoms with E-state index in [1.807, 2.05) is 49.4 Å². The van der Waals surface area contributed by atoms with Crippen LogP contribution >= 0.6 is 11.8 Å². The molecule has 0 radical (unpaired) electrons. The van der Waals surface area contributed by atoms with Crippen molar-refractivity contribution >= 4 is 29.1 Å². The predicted octanol–water partition coefficient (Wildman–Crippen LogP) is 1.87. The van der Waals surface area contributed by atoms with Crippen LogP contribution < -0.4 is 10.9 Å². The van der Waals surface area contributed by atoms with Crippen LogP contribution in [0.15, 0.2) is 47.6 Å². The van der Waals surface area contributed by atoms with E-state index in [-0.39, 0.29) is 23.5 Å². The molecule has 2 N–H and O–H groups in total. The molecule has 8 nitrogen and oxygen atoms in total. The minimum absolute atomic E-state index is 0.0637. The number of rotatable bonds is 8. The van der Waals surface area contributed by atoms with Crippen LogP contribution in [0.1, 0.15) is 20.3 Å². The average Bonchev–Trinajstić information content (AvgIpc) is 3.07. The van der Waals surface area contributed by atoms with Crippen molar-refractivity contribution in [1.82, 2.24) is 30.7 Å². The lowest BCUT2D eigenvalue weighted by Crippen LogP contribution is -2.44. The standard InChI is InChI=1S/C18H20N6O2S/c1-12(10-13(2)25)19-21-17(26)11-27-18-22-20-16-9-8-15(23-24(16)18)14-6-4-3-5-7-14/h3-9,12,19H,10-11H2,1-2H3,(H,21,26). The number of aromatic nitrogens is 4. The molecular formula is C18H20N6O2S. The average molecular weight is 384 g/mol. The number of thioether (sulfide) groups is 1. The second-order valence-electron chi connectivity index (χ2n) is 6.13. The van der Waals surface area contributed by atoms with Gasteiger partial charge in [0, 0.05) is 18.0 Å². The minimum atomic E-state index is -0.216. The second kappa shape index (κ2) is 8.74. The number of hydrogen-bond donors (Lipinski definition) is 2. The molecule has 1 aromatic carbocycles. The Morgan fingerprint density at radius 2 is 1.93 bits per heavy atom. The summed E-state index contributed by atoms with van der Waals surface area (Å²) >= 11 is 1.24. The molecule has 0 aliphatic rings. The van der Waals surface area contributed by atoms with Gasteiger partial charge in [-0.3, -0.25) is 15.0 Å². The van der Waals surface area contributed by atoms with Crippen molar-refractivity contribution in [3.63, 3.8) is 0 Å². The zero-order valence-corrected chi connectivity index (χ0v) is 15.9. The molecule has 3 rings (SSSR count). The number of amides is 1. The minimum Gasteiger partial charge on any atom is -0.300 e. The summed E-state index contributed by atoms with van der Waals surface area (Å²) < 4.78 is 1.63. The fourth-order valence-corrected chi connectivity index (χ4v) is 3.16. The van der Waals surface area contributed by atoms with Gasteiger partial charge < -0.3 is 0 Å². The topological polar surface area (TPSA) is 101 Å². The normalized spacial score (nSPS) is 12.1. The van der Waals surface area contributed by atoms with Gasteiger partial charge in [-0.25, -0.2) is 5.43 Å². The van der Waals surface area contributed by atoms with Crippen LogP contribution in [0.25, 0.3) is 16.9 Å². The molecule has 0 aliphatic carbocycles. The molecule has 9 heteroatoms. The van der Waals surface area contributed by atoms with Gasteiger partial charge in [0.2, 0.25) is 11.1 Å². The third kappa shape index (κ3) is 5.11. The Balaban J connectivity index is 1.63. The lowest BCUT2D eigenvalue weighted by atomic mass is 10.1. The van der Waals surface area contributed by atoms with Crippen molar-refractivity contribution in [2.45, 2.75) is 31.5 Å². The molecule has 0 fully saturated rings. The highest BCUT2D eigenvalue weighted by Crippen LogP contribution is 2.20. The van der Waals surface area contributed by atoms with Gasteiger partial charge in [-0.05, 0) is 26.0 Å². The predicted molar refractivity (Wildman–Crippen MR) is 103 cm³/mol. The van der Waals surface area contributed by atoms with Crippen molar-refractivity contribution in [2.75, 3.05) is 5.75 Å². The van der Waals surface area contributed by atoms with E-state index in [4.69, 9.17) is 0 Å². The first-order valence-corrected chi connectivity index (χ1v) is 9.46. The molecule has 0 spiro atoms. The van der Waals surface area contributed by atoms with E-state index in [9.17, 15) is 9.59 Å². The molecule has 27 heavy (non-hydrogen) atoms.